The van der Waals surface area contributed by atoms with Crippen molar-refractivity contribution in [2.45, 2.75) is 46.0 Å². The summed E-state index contributed by atoms with van der Waals surface area (Å²) in [7, 11) is 0. The fourth-order valence-corrected chi connectivity index (χ4v) is 1.50. The molecule has 0 saturated carbocycles. The Balaban J connectivity index is 3.61. The lowest BCUT2D eigenvalue weighted by Crippen LogP contribution is -2.17. The van der Waals surface area contributed by atoms with Crippen molar-refractivity contribution in [2.75, 3.05) is 39.6 Å². The minimum Gasteiger partial charge on any atom is -0.463 e. The Kier molecular flexibility index (Phi) is 14.6. The van der Waals surface area contributed by atoms with Gasteiger partial charge in [0.25, 0.3) is 0 Å². The largest absolute Gasteiger partial charge is 0.463 e. The molecule has 0 rings (SSSR count). The van der Waals surface area contributed by atoms with Crippen molar-refractivity contribution in [1.29, 1.82) is 0 Å². The number of hydrogen-bond donors (Lipinski definition) is 0. The molecule has 0 bridgehead atoms. The molecule has 0 N–H and O–H groups in total. The van der Waals surface area contributed by atoms with E-state index in [0.717, 1.165) is 25.7 Å². The van der Waals surface area contributed by atoms with Gasteiger partial charge in [0, 0.05) is 18.8 Å². The van der Waals surface area contributed by atoms with Gasteiger partial charge in [-0.15, -0.1) is 0 Å². The maximum atomic E-state index is 11.6. The van der Waals surface area contributed by atoms with Gasteiger partial charge in [0.05, 0.1) is 19.6 Å². The number of carbonyl (C=O) groups excluding carboxylic acids is 2. The SMILES string of the molecule is C=C(CC(=O)OCCOCCCC)C(=O)OCCOCCCC. The fourth-order valence-electron chi connectivity index (χ4n) is 1.50. The molecule has 0 amide bonds. The van der Waals surface area contributed by atoms with Crippen LogP contribution in [0.2, 0.25) is 0 Å². The standard InChI is InChI=1S/C17H30O6/c1-4-6-8-20-10-12-22-16(18)14-15(3)17(19)23-13-11-21-9-7-5-2/h3-14H2,1-2H3. The van der Waals surface area contributed by atoms with E-state index >= 15 is 0 Å². The summed E-state index contributed by atoms with van der Waals surface area (Å²) in [4.78, 5) is 23.1. The molecule has 0 saturated heterocycles. The zero-order valence-corrected chi connectivity index (χ0v) is 14.4. The van der Waals surface area contributed by atoms with Gasteiger partial charge < -0.3 is 18.9 Å². The first-order valence-corrected chi connectivity index (χ1v) is 8.27. The van der Waals surface area contributed by atoms with E-state index < -0.39 is 11.9 Å². The highest BCUT2D eigenvalue weighted by atomic mass is 16.6. The quantitative estimate of drug-likeness (QED) is 0.261. The van der Waals surface area contributed by atoms with Gasteiger partial charge in [0.1, 0.15) is 13.2 Å². The Bertz CT molecular complexity index is 340. The number of esters is 2. The Morgan fingerprint density at radius 1 is 0.783 bits per heavy atom. The van der Waals surface area contributed by atoms with Crippen molar-refractivity contribution in [3.63, 3.8) is 0 Å². The van der Waals surface area contributed by atoms with Gasteiger partial charge in [-0.1, -0.05) is 33.3 Å². The zero-order valence-electron chi connectivity index (χ0n) is 14.4. The molecule has 0 aliphatic heterocycles. The average Bonchev–Trinajstić information content (AvgIpc) is 2.53. The van der Waals surface area contributed by atoms with E-state index in [-0.39, 0.29) is 25.2 Å². The topological polar surface area (TPSA) is 71.1 Å². The summed E-state index contributed by atoms with van der Waals surface area (Å²) in [6.45, 7) is 10.0. The van der Waals surface area contributed by atoms with Crippen LogP contribution in [-0.4, -0.2) is 51.6 Å². The Morgan fingerprint density at radius 2 is 1.30 bits per heavy atom. The summed E-state index contributed by atoms with van der Waals surface area (Å²) in [5.41, 5.74) is 0.0791. The first kappa shape index (κ1) is 21.6. The van der Waals surface area contributed by atoms with Crippen LogP contribution >= 0.6 is 0 Å². The first-order valence-electron chi connectivity index (χ1n) is 8.27. The summed E-state index contributed by atoms with van der Waals surface area (Å²) >= 11 is 0. The van der Waals surface area contributed by atoms with Crippen LogP contribution in [-0.2, 0) is 28.5 Å². The molecule has 0 atom stereocenters. The van der Waals surface area contributed by atoms with Crippen molar-refractivity contribution < 1.29 is 28.5 Å². The number of carbonyl (C=O) groups is 2. The zero-order chi connectivity index (χ0) is 17.3. The van der Waals surface area contributed by atoms with E-state index in [9.17, 15) is 9.59 Å². The smallest absolute Gasteiger partial charge is 0.334 e. The molecule has 0 unspecified atom stereocenters. The van der Waals surface area contributed by atoms with Crippen molar-refractivity contribution in [3.05, 3.63) is 12.2 Å². The van der Waals surface area contributed by atoms with Crippen molar-refractivity contribution in [1.82, 2.24) is 0 Å². The molecule has 6 heteroatoms. The molecule has 23 heavy (non-hydrogen) atoms. The average molecular weight is 330 g/mol. The lowest BCUT2D eigenvalue weighted by molar-refractivity contribution is -0.147. The second-order valence-electron chi connectivity index (χ2n) is 5.07. The van der Waals surface area contributed by atoms with Crippen LogP contribution in [0.25, 0.3) is 0 Å². The molecule has 0 aromatic heterocycles. The minimum atomic E-state index is -0.597. The van der Waals surface area contributed by atoms with Crippen LogP contribution in [0.1, 0.15) is 46.0 Å². The molecule has 0 aliphatic carbocycles. The van der Waals surface area contributed by atoms with E-state index in [1.165, 1.54) is 0 Å². The molecule has 134 valence electrons. The van der Waals surface area contributed by atoms with Gasteiger partial charge in [-0.05, 0) is 12.8 Å². The summed E-state index contributed by atoms with van der Waals surface area (Å²) in [5, 5.41) is 0. The van der Waals surface area contributed by atoms with Crippen LogP contribution in [0.15, 0.2) is 12.2 Å². The third kappa shape index (κ3) is 14.0. The highest BCUT2D eigenvalue weighted by Gasteiger charge is 2.14. The maximum Gasteiger partial charge on any atom is 0.334 e. The lowest BCUT2D eigenvalue weighted by Gasteiger charge is -2.08. The van der Waals surface area contributed by atoms with E-state index in [1.54, 1.807) is 0 Å². The third-order valence-corrected chi connectivity index (χ3v) is 2.88. The highest BCUT2D eigenvalue weighted by molar-refractivity contribution is 5.93. The second-order valence-corrected chi connectivity index (χ2v) is 5.07. The number of hydrogen-bond acceptors (Lipinski definition) is 6. The summed E-state index contributed by atoms with van der Waals surface area (Å²) in [5.74, 6) is -1.11. The van der Waals surface area contributed by atoms with Crippen LogP contribution in [0.3, 0.4) is 0 Å². The van der Waals surface area contributed by atoms with Crippen molar-refractivity contribution >= 4 is 11.9 Å². The molecule has 0 fully saturated rings. The summed E-state index contributed by atoms with van der Waals surface area (Å²) < 4.78 is 20.4. The monoisotopic (exact) mass is 330 g/mol. The van der Waals surface area contributed by atoms with E-state index in [0.29, 0.717) is 26.4 Å². The molecule has 0 aromatic rings. The van der Waals surface area contributed by atoms with E-state index in [1.807, 2.05) is 0 Å². The molecule has 0 spiro atoms. The van der Waals surface area contributed by atoms with Crippen LogP contribution in [0.4, 0.5) is 0 Å². The fraction of sp³-hybridized carbons (Fsp3) is 0.765. The van der Waals surface area contributed by atoms with Crippen LogP contribution in [0.5, 0.6) is 0 Å². The summed E-state index contributed by atoms with van der Waals surface area (Å²) in [6.07, 6.45) is 3.91. The van der Waals surface area contributed by atoms with E-state index in [2.05, 4.69) is 20.4 Å². The molecular weight excluding hydrogens is 300 g/mol. The Morgan fingerprint density at radius 3 is 1.83 bits per heavy atom. The highest BCUT2D eigenvalue weighted by Crippen LogP contribution is 2.03. The van der Waals surface area contributed by atoms with E-state index in [4.69, 9.17) is 18.9 Å². The molecular formula is C17H30O6. The van der Waals surface area contributed by atoms with Crippen molar-refractivity contribution in [3.8, 4) is 0 Å². The molecule has 6 nitrogen and oxygen atoms in total. The third-order valence-electron chi connectivity index (χ3n) is 2.88. The Hall–Kier alpha value is -1.40. The van der Waals surface area contributed by atoms with Crippen LogP contribution in [0, 0.1) is 0 Å². The normalized spacial score (nSPS) is 10.3. The predicted octanol–water partition coefficient (Wildman–Crippen LogP) is 2.65. The number of unbranched alkanes of at least 4 members (excludes halogenated alkanes) is 2. The molecule has 0 aromatic carbocycles. The van der Waals surface area contributed by atoms with Gasteiger partial charge in [0.15, 0.2) is 0 Å². The van der Waals surface area contributed by atoms with Gasteiger partial charge in [-0.3, -0.25) is 4.79 Å². The molecule has 0 radical (unpaired) electrons. The molecule has 0 aliphatic rings. The maximum absolute atomic E-state index is 11.6. The van der Waals surface area contributed by atoms with Crippen LogP contribution < -0.4 is 0 Å². The van der Waals surface area contributed by atoms with Gasteiger partial charge in [-0.25, -0.2) is 4.79 Å². The summed E-state index contributed by atoms with van der Waals surface area (Å²) in [6, 6.07) is 0. The number of rotatable bonds is 15. The van der Waals surface area contributed by atoms with Gasteiger partial charge >= 0.3 is 11.9 Å². The van der Waals surface area contributed by atoms with Crippen molar-refractivity contribution in [2.24, 2.45) is 0 Å². The number of ether oxygens (including phenoxy) is 4. The lowest BCUT2D eigenvalue weighted by atomic mass is 10.2. The van der Waals surface area contributed by atoms with Gasteiger partial charge in [-0.2, -0.15) is 0 Å². The Labute approximate surface area is 139 Å². The molecule has 0 heterocycles. The second kappa shape index (κ2) is 15.5. The van der Waals surface area contributed by atoms with Gasteiger partial charge in [0.2, 0.25) is 0 Å². The minimum absolute atomic E-state index is 0.0791. The predicted molar refractivity (Wildman–Crippen MR) is 87.1 cm³/mol. The first-order chi connectivity index (χ1) is 11.1.